The SMILES string of the molecule is C=C(C)[C@H]1CC=C(C)CC1.CC(=O)OCc1ccc2c(c1)OCO2. The molecule has 1 aliphatic carbocycles. The molecule has 0 fully saturated rings. The minimum atomic E-state index is -0.289. The maximum absolute atomic E-state index is 10.6. The molecule has 0 aromatic heterocycles. The van der Waals surface area contributed by atoms with Gasteiger partial charge < -0.3 is 14.2 Å². The average molecular weight is 330 g/mol. The fraction of sp³-hybridized carbons (Fsp3) is 0.450. The molecule has 1 heterocycles. The molecule has 4 heteroatoms. The molecule has 0 amide bonds. The van der Waals surface area contributed by atoms with Crippen molar-refractivity contribution in [3.63, 3.8) is 0 Å². The normalized spacial score (nSPS) is 18.1. The smallest absolute Gasteiger partial charge is 0.302 e. The molecular weight excluding hydrogens is 304 g/mol. The molecule has 1 aliphatic heterocycles. The third-order valence-electron chi connectivity index (χ3n) is 4.21. The lowest BCUT2D eigenvalue weighted by Gasteiger charge is -2.19. The quantitative estimate of drug-likeness (QED) is 0.590. The molecule has 0 N–H and O–H groups in total. The van der Waals surface area contributed by atoms with Gasteiger partial charge in [-0.3, -0.25) is 4.79 Å². The molecule has 1 aromatic rings. The van der Waals surface area contributed by atoms with E-state index in [1.54, 1.807) is 11.6 Å². The van der Waals surface area contributed by atoms with E-state index in [4.69, 9.17) is 14.2 Å². The van der Waals surface area contributed by atoms with E-state index in [1.807, 2.05) is 12.1 Å². The van der Waals surface area contributed by atoms with Crippen molar-refractivity contribution >= 4 is 5.97 Å². The first-order chi connectivity index (χ1) is 11.5. The van der Waals surface area contributed by atoms with Gasteiger partial charge in [0.25, 0.3) is 0 Å². The highest BCUT2D eigenvalue weighted by Gasteiger charge is 2.13. The fourth-order valence-electron chi connectivity index (χ4n) is 2.63. The number of allylic oxidation sites excluding steroid dienone is 3. The third-order valence-corrected chi connectivity index (χ3v) is 4.21. The molecular formula is C20H26O4. The molecule has 24 heavy (non-hydrogen) atoms. The van der Waals surface area contributed by atoms with E-state index in [0.29, 0.717) is 5.75 Å². The van der Waals surface area contributed by atoms with Crippen molar-refractivity contribution in [1.29, 1.82) is 0 Å². The zero-order chi connectivity index (χ0) is 17.5. The summed E-state index contributed by atoms with van der Waals surface area (Å²) in [5.41, 5.74) is 3.80. The van der Waals surface area contributed by atoms with E-state index in [9.17, 15) is 4.79 Å². The highest BCUT2D eigenvalue weighted by Crippen LogP contribution is 2.32. The van der Waals surface area contributed by atoms with Gasteiger partial charge in [0.05, 0.1) is 0 Å². The van der Waals surface area contributed by atoms with Crippen LogP contribution in [0.3, 0.4) is 0 Å². The van der Waals surface area contributed by atoms with Crippen LogP contribution in [0.2, 0.25) is 0 Å². The van der Waals surface area contributed by atoms with Gasteiger partial charge in [0.15, 0.2) is 11.5 Å². The maximum Gasteiger partial charge on any atom is 0.302 e. The van der Waals surface area contributed by atoms with E-state index in [2.05, 4.69) is 26.5 Å². The summed E-state index contributed by atoms with van der Waals surface area (Å²) in [5, 5.41) is 0. The summed E-state index contributed by atoms with van der Waals surface area (Å²) in [6.45, 7) is 10.2. The van der Waals surface area contributed by atoms with Gasteiger partial charge in [0.1, 0.15) is 6.61 Å². The number of carbonyl (C=O) groups excluding carboxylic acids is 1. The Hall–Kier alpha value is -2.23. The summed E-state index contributed by atoms with van der Waals surface area (Å²) in [6, 6.07) is 5.46. The van der Waals surface area contributed by atoms with Crippen molar-refractivity contribution in [2.75, 3.05) is 6.79 Å². The predicted molar refractivity (Wildman–Crippen MR) is 93.9 cm³/mol. The number of benzene rings is 1. The van der Waals surface area contributed by atoms with Crippen LogP contribution in [0.1, 0.15) is 45.6 Å². The van der Waals surface area contributed by atoms with Gasteiger partial charge in [-0.05, 0) is 56.7 Å². The lowest BCUT2D eigenvalue weighted by Crippen LogP contribution is -2.04. The van der Waals surface area contributed by atoms with E-state index in [1.165, 1.54) is 31.8 Å². The molecule has 2 aliphatic rings. The number of rotatable bonds is 3. The van der Waals surface area contributed by atoms with Gasteiger partial charge in [-0.25, -0.2) is 0 Å². The second-order valence-electron chi connectivity index (χ2n) is 6.34. The van der Waals surface area contributed by atoms with Gasteiger partial charge in [0, 0.05) is 6.92 Å². The van der Waals surface area contributed by atoms with Crippen LogP contribution in [0.5, 0.6) is 11.5 Å². The second kappa shape index (κ2) is 8.57. The Kier molecular flexibility index (Phi) is 6.47. The molecule has 0 saturated heterocycles. The largest absolute Gasteiger partial charge is 0.461 e. The number of fused-ring (bicyclic) bond motifs is 1. The first-order valence-corrected chi connectivity index (χ1v) is 8.28. The average Bonchev–Trinajstić information content (AvgIpc) is 3.01. The lowest BCUT2D eigenvalue weighted by molar-refractivity contribution is -0.142. The van der Waals surface area contributed by atoms with Gasteiger partial charge in [-0.15, -0.1) is 0 Å². The fourth-order valence-corrected chi connectivity index (χ4v) is 2.63. The first-order valence-electron chi connectivity index (χ1n) is 8.28. The molecule has 0 saturated carbocycles. The van der Waals surface area contributed by atoms with Gasteiger partial charge in [0.2, 0.25) is 6.79 Å². The molecule has 1 aromatic carbocycles. The van der Waals surface area contributed by atoms with Crippen molar-refractivity contribution in [3.8, 4) is 11.5 Å². The Morgan fingerprint density at radius 2 is 2.04 bits per heavy atom. The van der Waals surface area contributed by atoms with Crippen molar-refractivity contribution in [3.05, 3.63) is 47.6 Å². The molecule has 1 atom stereocenters. The first kappa shape index (κ1) is 18.1. The van der Waals surface area contributed by atoms with E-state index in [0.717, 1.165) is 17.2 Å². The summed E-state index contributed by atoms with van der Waals surface area (Å²) in [4.78, 5) is 10.6. The highest BCUT2D eigenvalue weighted by molar-refractivity contribution is 5.66. The number of hydrogen-bond acceptors (Lipinski definition) is 4. The van der Waals surface area contributed by atoms with Crippen LogP contribution in [0.4, 0.5) is 0 Å². The number of esters is 1. The highest BCUT2D eigenvalue weighted by atomic mass is 16.7. The van der Waals surface area contributed by atoms with Crippen molar-refractivity contribution in [2.45, 2.75) is 46.6 Å². The van der Waals surface area contributed by atoms with Crippen LogP contribution in [-0.4, -0.2) is 12.8 Å². The minimum Gasteiger partial charge on any atom is -0.461 e. The third kappa shape index (κ3) is 5.44. The van der Waals surface area contributed by atoms with Crippen molar-refractivity contribution in [1.82, 2.24) is 0 Å². The second-order valence-corrected chi connectivity index (χ2v) is 6.34. The minimum absolute atomic E-state index is 0.256. The van der Waals surface area contributed by atoms with Crippen LogP contribution in [-0.2, 0) is 16.1 Å². The number of carbonyl (C=O) groups is 1. The topological polar surface area (TPSA) is 44.8 Å². The number of ether oxygens (including phenoxy) is 3. The summed E-state index contributed by atoms with van der Waals surface area (Å²) in [7, 11) is 0. The Morgan fingerprint density at radius 1 is 1.29 bits per heavy atom. The maximum atomic E-state index is 10.6. The van der Waals surface area contributed by atoms with Gasteiger partial charge in [-0.1, -0.05) is 29.9 Å². The summed E-state index contributed by atoms with van der Waals surface area (Å²) in [5.74, 6) is 1.91. The molecule has 130 valence electrons. The van der Waals surface area contributed by atoms with Gasteiger partial charge in [-0.2, -0.15) is 0 Å². The summed E-state index contributed by atoms with van der Waals surface area (Å²) < 4.78 is 15.2. The van der Waals surface area contributed by atoms with Crippen LogP contribution >= 0.6 is 0 Å². The molecule has 0 unspecified atom stereocenters. The van der Waals surface area contributed by atoms with Crippen LogP contribution in [0.25, 0.3) is 0 Å². The monoisotopic (exact) mass is 330 g/mol. The lowest BCUT2D eigenvalue weighted by atomic mass is 9.86. The summed E-state index contributed by atoms with van der Waals surface area (Å²) in [6.07, 6.45) is 6.17. The zero-order valence-electron chi connectivity index (χ0n) is 14.8. The standard InChI is InChI=1S/C10H10O4.C10H16/c1-7(11)12-5-8-2-3-9-10(4-8)14-6-13-9;1-8(2)10-6-4-9(3)5-7-10/h2-4H,5-6H2,1H3;4,10H,1,5-7H2,2-3H3/t;10-/m.0/s1. The molecule has 0 bridgehead atoms. The van der Waals surface area contributed by atoms with Crippen molar-refractivity contribution in [2.24, 2.45) is 5.92 Å². The van der Waals surface area contributed by atoms with Crippen LogP contribution in [0.15, 0.2) is 42.0 Å². The Balaban J connectivity index is 0.000000185. The molecule has 4 nitrogen and oxygen atoms in total. The Labute approximate surface area is 144 Å². The van der Waals surface area contributed by atoms with E-state index < -0.39 is 0 Å². The Bertz CT molecular complexity index is 631. The van der Waals surface area contributed by atoms with Crippen LogP contribution in [0, 0.1) is 5.92 Å². The van der Waals surface area contributed by atoms with Crippen molar-refractivity contribution < 1.29 is 19.0 Å². The van der Waals surface area contributed by atoms with E-state index in [-0.39, 0.29) is 19.4 Å². The molecule has 0 radical (unpaired) electrons. The molecule has 3 rings (SSSR count). The Morgan fingerprint density at radius 3 is 2.67 bits per heavy atom. The molecule has 0 spiro atoms. The zero-order valence-corrected chi connectivity index (χ0v) is 14.8. The van der Waals surface area contributed by atoms with Crippen LogP contribution < -0.4 is 9.47 Å². The summed E-state index contributed by atoms with van der Waals surface area (Å²) >= 11 is 0. The van der Waals surface area contributed by atoms with E-state index >= 15 is 0 Å². The van der Waals surface area contributed by atoms with Gasteiger partial charge >= 0.3 is 5.97 Å². The number of hydrogen-bond donors (Lipinski definition) is 0. The predicted octanol–water partition coefficient (Wildman–Crippen LogP) is 4.79.